The number of furan rings is 1. The predicted molar refractivity (Wildman–Crippen MR) is 95.8 cm³/mol. The van der Waals surface area contributed by atoms with Gasteiger partial charge in [-0.25, -0.2) is 14.8 Å². The molecule has 2 atom stereocenters. The van der Waals surface area contributed by atoms with Crippen LogP contribution in [0.15, 0.2) is 27.7 Å². The average Bonchev–Trinajstić information content (AvgIpc) is 3.31. The Morgan fingerprint density at radius 2 is 2.22 bits per heavy atom. The zero-order chi connectivity index (χ0) is 18.6. The molecule has 0 aliphatic carbocycles. The number of rotatable bonds is 3. The highest BCUT2D eigenvalue weighted by Crippen LogP contribution is 2.48. The molecule has 2 aromatic rings. The van der Waals surface area contributed by atoms with Gasteiger partial charge in [0.25, 0.3) is 0 Å². The number of allylic oxidation sites excluding steroid dienone is 1. The first-order valence-electron chi connectivity index (χ1n) is 8.82. The summed E-state index contributed by atoms with van der Waals surface area (Å²) in [7, 11) is 0. The molecule has 8 nitrogen and oxygen atoms in total. The highest BCUT2D eigenvalue weighted by molar-refractivity contribution is 6.21. The Labute approximate surface area is 154 Å². The summed E-state index contributed by atoms with van der Waals surface area (Å²) in [5.74, 6) is -0.780. The molecule has 3 aliphatic heterocycles. The van der Waals surface area contributed by atoms with E-state index in [1.165, 1.54) is 0 Å². The summed E-state index contributed by atoms with van der Waals surface area (Å²) in [6.07, 6.45) is 7.02. The highest BCUT2D eigenvalue weighted by Gasteiger charge is 2.50. The smallest absolute Gasteiger partial charge is 0.343 e. The van der Waals surface area contributed by atoms with Crippen LogP contribution in [0.4, 0.5) is 5.82 Å². The Bertz CT molecular complexity index is 1000. The number of hydrogen-bond donors (Lipinski definition) is 2. The van der Waals surface area contributed by atoms with Gasteiger partial charge in [0.1, 0.15) is 11.2 Å². The molecule has 0 saturated carbocycles. The van der Waals surface area contributed by atoms with Crippen LogP contribution in [0.3, 0.4) is 0 Å². The number of aromatic nitrogens is 1. The summed E-state index contributed by atoms with van der Waals surface area (Å²) in [6.45, 7) is 1.52. The van der Waals surface area contributed by atoms with E-state index in [0.29, 0.717) is 30.8 Å². The quantitative estimate of drug-likeness (QED) is 0.858. The molecule has 2 bridgehead atoms. The zero-order valence-corrected chi connectivity index (χ0v) is 14.4. The van der Waals surface area contributed by atoms with Crippen molar-refractivity contribution in [3.63, 3.8) is 0 Å². The molecule has 138 valence electrons. The van der Waals surface area contributed by atoms with Crippen LogP contribution in [0.5, 0.6) is 5.75 Å². The summed E-state index contributed by atoms with van der Waals surface area (Å²) in [5, 5.41) is 22.1. The predicted octanol–water partition coefficient (Wildman–Crippen LogP) is 2.96. The second-order valence-corrected chi connectivity index (χ2v) is 6.92. The minimum Gasteiger partial charge on any atom is -0.504 e. The maximum absolute atomic E-state index is 11.9. The molecule has 0 aromatic carbocycles. The van der Waals surface area contributed by atoms with Gasteiger partial charge in [-0.05, 0) is 31.1 Å². The van der Waals surface area contributed by atoms with Gasteiger partial charge in [0.2, 0.25) is 0 Å². The topological polar surface area (TPSA) is 108 Å². The lowest BCUT2D eigenvalue weighted by atomic mass is 9.89. The summed E-state index contributed by atoms with van der Waals surface area (Å²) in [5.41, 5.74) is 0.433. The molecule has 0 amide bonds. The van der Waals surface area contributed by atoms with E-state index >= 15 is 0 Å². The highest BCUT2D eigenvalue weighted by atomic mass is 16.7. The monoisotopic (exact) mass is 367 g/mol. The van der Waals surface area contributed by atoms with Crippen molar-refractivity contribution in [3.8, 4) is 5.75 Å². The number of fused-ring (bicyclic) bond motifs is 3. The molecule has 2 aromatic heterocycles. The van der Waals surface area contributed by atoms with E-state index in [0.717, 1.165) is 18.5 Å². The molecule has 0 spiro atoms. The van der Waals surface area contributed by atoms with Gasteiger partial charge in [0, 0.05) is 43.1 Å². The van der Waals surface area contributed by atoms with Crippen LogP contribution in [0, 0.1) is 0 Å². The van der Waals surface area contributed by atoms with Crippen molar-refractivity contribution in [2.75, 3.05) is 13.1 Å². The Morgan fingerprint density at radius 3 is 3.07 bits per heavy atom. The Balaban J connectivity index is 1.63. The molecule has 2 fully saturated rings. The van der Waals surface area contributed by atoms with E-state index in [1.54, 1.807) is 24.6 Å². The van der Waals surface area contributed by atoms with Crippen LogP contribution >= 0.6 is 0 Å². The number of carboxylic acid groups (broad SMARTS) is 1. The van der Waals surface area contributed by atoms with E-state index in [9.17, 15) is 15.0 Å². The third kappa shape index (κ3) is 2.41. The van der Waals surface area contributed by atoms with Gasteiger partial charge < -0.3 is 14.6 Å². The number of carbonyl (C=O) groups is 1. The first kappa shape index (κ1) is 16.2. The van der Waals surface area contributed by atoms with Gasteiger partial charge in [0.05, 0.1) is 0 Å². The van der Waals surface area contributed by atoms with Crippen molar-refractivity contribution < 1.29 is 24.3 Å². The van der Waals surface area contributed by atoms with Gasteiger partial charge in [0.15, 0.2) is 23.1 Å². The van der Waals surface area contributed by atoms with E-state index in [1.807, 2.05) is 11.1 Å². The minimum atomic E-state index is -1.24. The average molecular weight is 367 g/mol. The van der Waals surface area contributed by atoms with Crippen molar-refractivity contribution in [1.82, 2.24) is 10.0 Å². The fourth-order valence-corrected chi connectivity index (χ4v) is 4.02. The van der Waals surface area contributed by atoms with Crippen LogP contribution in [-0.4, -0.2) is 45.5 Å². The third-order valence-electron chi connectivity index (χ3n) is 5.30. The van der Waals surface area contributed by atoms with Crippen molar-refractivity contribution in [2.45, 2.75) is 24.9 Å². The number of pyridine rings is 1. The first-order chi connectivity index (χ1) is 13.1. The molecule has 5 rings (SSSR count). The van der Waals surface area contributed by atoms with Gasteiger partial charge in [-0.1, -0.05) is 0 Å². The van der Waals surface area contributed by atoms with Crippen molar-refractivity contribution in [1.29, 1.82) is 0 Å². The molecular formula is C19H17N3O5. The molecule has 27 heavy (non-hydrogen) atoms. The maximum Gasteiger partial charge on any atom is 0.343 e. The Morgan fingerprint density at radius 1 is 1.33 bits per heavy atom. The number of carboxylic acids is 1. The van der Waals surface area contributed by atoms with Gasteiger partial charge in [-0.15, -0.1) is 0 Å². The number of hydroxylamine groups is 2. The van der Waals surface area contributed by atoms with Gasteiger partial charge >= 0.3 is 5.97 Å². The lowest BCUT2D eigenvalue weighted by molar-refractivity contribution is -0.230. The van der Waals surface area contributed by atoms with Crippen LogP contribution in [0.25, 0.3) is 11.6 Å². The van der Waals surface area contributed by atoms with Crippen LogP contribution in [0.2, 0.25) is 0 Å². The fraction of sp³-hybridized carbons (Fsp3) is 0.316. The summed E-state index contributed by atoms with van der Waals surface area (Å²) in [6, 6.07) is 3.65. The fourth-order valence-electron chi connectivity index (χ4n) is 4.02. The van der Waals surface area contributed by atoms with E-state index in [4.69, 9.17) is 9.25 Å². The third-order valence-corrected chi connectivity index (χ3v) is 5.30. The molecule has 2 unspecified atom stereocenters. The summed E-state index contributed by atoms with van der Waals surface area (Å²) in [4.78, 5) is 26.2. The van der Waals surface area contributed by atoms with Crippen molar-refractivity contribution in [2.24, 2.45) is 4.99 Å². The van der Waals surface area contributed by atoms with E-state index < -0.39 is 17.3 Å². The normalized spacial score (nSPS) is 27.3. The largest absolute Gasteiger partial charge is 0.504 e. The van der Waals surface area contributed by atoms with Crippen molar-refractivity contribution >= 4 is 29.7 Å². The molecule has 3 aliphatic rings. The summed E-state index contributed by atoms with van der Waals surface area (Å²) >= 11 is 0. The van der Waals surface area contributed by atoms with Gasteiger partial charge in [-0.3, -0.25) is 4.84 Å². The van der Waals surface area contributed by atoms with Crippen LogP contribution in [-0.2, 0) is 10.4 Å². The van der Waals surface area contributed by atoms with E-state index in [-0.39, 0.29) is 17.1 Å². The number of aromatic carboxylic acids is 1. The number of aromatic hydroxyl groups is 1. The Hall–Kier alpha value is -2.97. The van der Waals surface area contributed by atoms with Crippen LogP contribution in [0.1, 0.15) is 46.7 Å². The lowest BCUT2D eigenvalue weighted by Gasteiger charge is -2.32. The number of aliphatic imine (C=N–C) groups is 1. The molecule has 5 heterocycles. The number of hydrogen-bond acceptors (Lipinski definition) is 7. The summed E-state index contributed by atoms with van der Waals surface area (Å²) < 4.78 is 5.90. The SMILES string of the molecule is O=C(O)c1c(C23CCCN(CC2)O3)oc(C=C2C=Nc3ncccc32)c1O. The molecule has 0 radical (unpaired) electrons. The second kappa shape index (κ2) is 5.77. The minimum absolute atomic E-state index is 0.0857. The zero-order valence-electron chi connectivity index (χ0n) is 14.4. The molecule has 2 saturated heterocycles. The molecule has 8 heteroatoms. The standard InChI is InChI=1S/C19H17N3O5/c23-15-13(9-11-10-21-17-12(11)3-1-6-20-17)26-16(14(15)18(24)25)19-4-2-7-22(27-19)8-5-19/h1,3,6,9-10,23H,2,4-5,7-8H2,(H,24,25). The second-order valence-electron chi connectivity index (χ2n) is 6.92. The maximum atomic E-state index is 11.9. The first-order valence-corrected chi connectivity index (χ1v) is 8.82. The number of nitrogens with zero attached hydrogens (tertiary/aromatic N) is 3. The Kier molecular flexibility index (Phi) is 3.46. The van der Waals surface area contributed by atoms with E-state index in [2.05, 4.69) is 9.98 Å². The van der Waals surface area contributed by atoms with Crippen LogP contribution < -0.4 is 0 Å². The van der Waals surface area contributed by atoms with Gasteiger partial charge in [-0.2, -0.15) is 5.06 Å². The van der Waals surface area contributed by atoms with Crippen molar-refractivity contribution in [3.05, 3.63) is 41.0 Å². The molecule has 2 N–H and O–H groups in total. The lowest BCUT2D eigenvalue weighted by Crippen LogP contribution is -2.35. The molecular weight excluding hydrogens is 350 g/mol.